The Balaban J connectivity index is 0.994. The third-order valence-electron chi connectivity index (χ3n) is 11.6. The summed E-state index contributed by atoms with van der Waals surface area (Å²) < 4.78 is 7.19. The summed E-state index contributed by atoms with van der Waals surface area (Å²) in [7, 11) is 0. The molecule has 58 heavy (non-hydrogen) atoms. The van der Waals surface area contributed by atoms with Gasteiger partial charge in [-0.15, -0.1) is 0 Å². The van der Waals surface area contributed by atoms with E-state index in [0.717, 1.165) is 37.2 Å². The molecule has 0 bridgehead atoms. The van der Waals surface area contributed by atoms with E-state index in [4.69, 9.17) is 0 Å². The zero-order valence-electron chi connectivity index (χ0n) is 33.7. The van der Waals surface area contributed by atoms with Gasteiger partial charge in [-0.2, -0.15) is 0 Å². The summed E-state index contributed by atoms with van der Waals surface area (Å²) in [6.07, 6.45) is 20.5. The molecular formula is C55H49N3. The van der Waals surface area contributed by atoms with Crippen molar-refractivity contribution in [3.63, 3.8) is 0 Å². The van der Waals surface area contributed by atoms with Gasteiger partial charge in [0.2, 0.25) is 0 Å². The van der Waals surface area contributed by atoms with Crippen LogP contribution in [-0.2, 0) is 19.6 Å². The molecule has 0 saturated heterocycles. The van der Waals surface area contributed by atoms with Crippen LogP contribution in [0.2, 0.25) is 0 Å². The quantitative estimate of drug-likeness (QED) is 0.110. The van der Waals surface area contributed by atoms with E-state index in [1.807, 2.05) is 0 Å². The maximum absolute atomic E-state index is 4.49. The normalized spacial score (nSPS) is 12.9. The molecule has 0 spiro atoms. The van der Waals surface area contributed by atoms with Crippen molar-refractivity contribution in [3.8, 4) is 0 Å². The molecule has 9 aromatic rings. The molecule has 0 amide bonds. The van der Waals surface area contributed by atoms with Crippen LogP contribution in [0.15, 0.2) is 182 Å². The van der Waals surface area contributed by atoms with Crippen LogP contribution < -0.4 is 0 Å². The number of nitrogens with zero attached hydrogens (tertiary/aromatic N) is 3. The molecule has 0 aliphatic heterocycles. The SMILES string of the molecule is C=C(/C=C(\C=C\C=C\c1ccc2c(c1)c1ccccc1n2CC)/C=C/c1ccc2c(c1)c1ccccc1n2CC)C/C=C/c1ccc2c(c1)c1ccccc1n2CC. The van der Waals surface area contributed by atoms with E-state index < -0.39 is 0 Å². The lowest BCUT2D eigenvalue weighted by molar-refractivity contribution is 0.827. The molecule has 9 rings (SSSR count). The van der Waals surface area contributed by atoms with Gasteiger partial charge in [0.1, 0.15) is 0 Å². The molecule has 3 heteroatoms. The van der Waals surface area contributed by atoms with Gasteiger partial charge in [0.05, 0.1) is 0 Å². The predicted octanol–water partition coefficient (Wildman–Crippen LogP) is 14.9. The largest absolute Gasteiger partial charge is 0.341 e. The summed E-state index contributed by atoms with van der Waals surface area (Å²) in [5.74, 6) is 0. The van der Waals surface area contributed by atoms with Crippen LogP contribution in [0, 0.1) is 0 Å². The summed E-state index contributed by atoms with van der Waals surface area (Å²) in [5.41, 5.74) is 13.4. The van der Waals surface area contributed by atoms with E-state index in [-0.39, 0.29) is 0 Å². The number of rotatable bonds is 12. The number of aryl methyl sites for hydroxylation is 3. The van der Waals surface area contributed by atoms with Crippen LogP contribution in [-0.4, -0.2) is 13.7 Å². The second kappa shape index (κ2) is 16.0. The number of benzene rings is 6. The topological polar surface area (TPSA) is 14.8 Å². The minimum absolute atomic E-state index is 0.754. The highest BCUT2D eigenvalue weighted by Gasteiger charge is 2.11. The van der Waals surface area contributed by atoms with Crippen molar-refractivity contribution in [1.82, 2.24) is 13.7 Å². The van der Waals surface area contributed by atoms with Crippen molar-refractivity contribution in [1.29, 1.82) is 0 Å². The first-order valence-electron chi connectivity index (χ1n) is 20.7. The summed E-state index contributed by atoms with van der Waals surface area (Å²) in [6, 6.07) is 46.5. The minimum atomic E-state index is 0.754. The number of para-hydroxylation sites is 3. The summed E-state index contributed by atoms with van der Waals surface area (Å²) in [4.78, 5) is 0. The third kappa shape index (κ3) is 6.83. The van der Waals surface area contributed by atoms with E-state index in [1.54, 1.807) is 0 Å². The molecule has 0 aliphatic rings. The molecule has 0 aliphatic carbocycles. The van der Waals surface area contributed by atoms with Crippen LogP contribution >= 0.6 is 0 Å². The molecule has 0 fully saturated rings. The summed E-state index contributed by atoms with van der Waals surface area (Å²) in [5, 5.41) is 7.78. The highest BCUT2D eigenvalue weighted by molar-refractivity contribution is 6.10. The molecule has 0 N–H and O–H groups in total. The lowest BCUT2D eigenvalue weighted by Gasteiger charge is -2.03. The van der Waals surface area contributed by atoms with Gasteiger partial charge in [0, 0.05) is 85.1 Å². The number of allylic oxidation sites excluding steroid dienone is 8. The van der Waals surface area contributed by atoms with E-state index in [9.17, 15) is 0 Å². The molecule has 0 saturated carbocycles. The highest BCUT2D eigenvalue weighted by atomic mass is 15.0. The Bertz CT molecular complexity index is 3160. The fraction of sp³-hybridized carbons (Fsp3) is 0.127. The Morgan fingerprint density at radius 1 is 0.448 bits per heavy atom. The van der Waals surface area contributed by atoms with Gasteiger partial charge in [0.25, 0.3) is 0 Å². The summed E-state index contributed by atoms with van der Waals surface area (Å²) >= 11 is 0. The maximum atomic E-state index is 4.49. The standard InChI is InChI=1S/C55H49N3/c1-5-56-50-24-13-10-21-44(50)47-36-41(29-32-53(47)56)19-9-8-18-40(27-28-43-31-34-55-49(38-43)46-23-12-15-26-52(46)58(55)7-3)35-39(4)17-16-20-42-30-33-54-48(37-42)45-22-11-14-25-51(45)57(54)6-2/h8-16,18-38H,4-7,17H2,1-3H3/b18-8+,19-9+,20-16+,28-27+,40-35+. The van der Waals surface area contributed by atoms with Gasteiger partial charge in [-0.05, 0) is 104 Å². The molecule has 3 aromatic heterocycles. The maximum Gasteiger partial charge on any atom is 0.0491 e. The minimum Gasteiger partial charge on any atom is -0.341 e. The molecule has 0 radical (unpaired) electrons. The predicted molar refractivity (Wildman–Crippen MR) is 253 cm³/mol. The van der Waals surface area contributed by atoms with Gasteiger partial charge < -0.3 is 13.7 Å². The van der Waals surface area contributed by atoms with Crippen LogP contribution in [0.5, 0.6) is 0 Å². The molecule has 0 atom stereocenters. The van der Waals surface area contributed by atoms with Crippen LogP contribution in [0.1, 0.15) is 43.9 Å². The molecule has 3 nitrogen and oxygen atoms in total. The first-order valence-corrected chi connectivity index (χ1v) is 20.7. The molecule has 0 unspecified atom stereocenters. The summed E-state index contributed by atoms with van der Waals surface area (Å²) in [6.45, 7) is 14.0. The first kappa shape index (κ1) is 36.8. The highest BCUT2D eigenvalue weighted by Crippen LogP contribution is 2.33. The number of hydrogen-bond acceptors (Lipinski definition) is 0. The van der Waals surface area contributed by atoms with Gasteiger partial charge in [-0.1, -0.05) is 140 Å². The average molecular weight is 752 g/mol. The van der Waals surface area contributed by atoms with Crippen molar-refractivity contribution in [2.24, 2.45) is 0 Å². The Labute approximate surface area is 341 Å². The zero-order valence-corrected chi connectivity index (χ0v) is 33.7. The Kier molecular flexibility index (Phi) is 10.1. The third-order valence-corrected chi connectivity index (χ3v) is 11.6. The first-order chi connectivity index (χ1) is 28.5. The zero-order chi connectivity index (χ0) is 39.6. The van der Waals surface area contributed by atoms with Crippen molar-refractivity contribution in [2.75, 3.05) is 0 Å². The van der Waals surface area contributed by atoms with E-state index in [1.165, 1.54) is 82.1 Å². The molecule has 3 heterocycles. The lowest BCUT2D eigenvalue weighted by atomic mass is 10.0. The average Bonchev–Trinajstić information content (AvgIpc) is 3.88. The second-order valence-corrected chi connectivity index (χ2v) is 15.1. The van der Waals surface area contributed by atoms with Crippen molar-refractivity contribution in [2.45, 2.75) is 46.8 Å². The van der Waals surface area contributed by atoms with E-state index in [0.29, 0.717) is 0 Å². The second-order valence-electron chi connectivity index (χ2n) is 15.1. The van der Waals surface area contributed by atoms with Crippen LogP contribution in [0.3, 0.4) is 0 Å². The Hall–Kier alpha value is -6.84. The molecular weight excluding hydrogens is 703 g/mol. The Morgan fingerprint density at radius 3 is 1.33 bits per heavy atom. The smallest absolute Gasteiger partial charge is 0.0491 e. The van der Waals surface area contributed by atoms with Gasteiger partial charge in [-0.25, -0.2) is 0 Å². The van der Waals surface area contributed by atoms with Crippen molar-refractivity contribution < 1.29 is 0 Å². The van der Waals surface area contributed by atoms with E-state index >= 15 is 0 Å². The molecule has 6 aromatic carbocycles. The Morgan fingerprint density at radius 2 is 0.862 bits per heavy atom. The van der Waals surface area contributed by atoms with Gasteiger partial charge in [-0.3, -0.25) is 0 Å². The number of fused-ring (bicyclic) bond motifs is 9. The van der Waals surface area contributed by atoms with Crippen molar-refractivity contribution in [3.05, 3.63) is 198 Å². The lowest BCUT2D eigenvalue weighted by Crippen LogP contribution is -1.92. The fourth-order valence-electron chi connectivity index (χ4n) is 8.87. The van der Waals surface area contributed by atoms with Crippen LogP contribution in [0.25, 0.3) is 83.6 Å². The molecule has 284 valence electrons. The monoisotopic (exact) mass is 751 g/mol. The van der Waals surface area contributed by atoms with Gasteiger partial charge >= 0.3 is 0 Å². The van der Waals surface area contributed by atoms with E-state index in [2.05, 4.69) is 223 Å². The van der Waals surface area contributed by atoms with Gasteiger partial charge in [0.15, 0.2) is 0 Å². The fourth-order valence-corrected chi connectivity index (χ4v) is 8.87. The number of aromatic nitrogens is 3. The van der Waals surface area contributed by atoms with Crippen LogP contribution in [0.4, 0.5) is 0 Å². The number of hydrogen-bond donors (Lipinski definition) is 0. The van der Waals surface area contributed by atoms with Crippen molar-refractivity contribution >= 4 is 83.6 Å².